The molecule has 0 spiro atoms. The quantitative estimate of drug-likeness (QED) is 0.537. The third-order valence-corrected chi connectivity index (χ3v) is 7.40. The van der Waals surface area contributed by atoms with Gasteiger partial charge in [-0.3, -0.25) is 0 Å². The van der Waals surface area contributed by atoms with E-state index in [0.717, 1.165) is 12.8 Å². The van der Waals surface area contributed by atoms with Gasteiger partial charge in [0.2, 0.25) is 0 Å². The highest BCUT2D eigenvalue weighted by atomic mass is 32.1. The number of hydrogen-bond donors (Lipinski definition) is 0. The zero-order chi connectivity index (χ0) is 18.2. The molecule has 136 valence electrons. The zero-order valence-corrected chi connectivity index (χ0v) is 16.4. The van der Waals surface area contributed by atoms with E-state index in [0.29, 0.717) is 22.9 Å². The van der Waals surface area contributed by atoms with Gasteiger partial charge in [-0.05, 0) is 66.9 Å². The molecule has 1 heterocycles. The molecule has 2 saturated carbocycles. The summed E-state index contributed by atoms with van der Waals surface area (Å²) in [4.78, 5) is 18.3. The minimum atomic E-state index is -0.197. The fourth-order valence-corrected chi connectivity index (χ4v) is 5.38. The number of pyridine rings is 1. The molecule has 0 aromatic carbocycles. The predicted octanol–water partition coefficient (Wildman–Crippen LogP) is 5.36. The Morgan fingerprint density at radius 3 is 2.88 bits per heavy atom. The molecule has 1 aromatic heterocycles. The van der Waals surface area contributed by atoms with E-state index in [9.17, 15) is 4.79 Å². The van der Waals surface area contributed by atoms with Crippen LogP contribution in [0.3, 0.4) is 0 Å². The van der Waals surface area contributed by atoms with Crippen LogP contribution in [0.2, 0.25) is 0 Å². The van der Waals surface area contributed by atoms with Gasteiger partial charge in [0.25, 0.3) is 0 Å². The normalized spacial score (nSPS) is 35.1. The van der Waals surface area contributed by atoms with Crippen molar-refractivity contribution in [3.05, 3.63) is 41.2 Å². The number of aromatic nitrogens is 1. The number of carbonyl (C=O) groups is 1. The molecule has 4 atom stereocenters. The largest absolute Gasteiger partial charge is 0.336 e. The van der Waals surface area contributed by atoms with Crippen molar-refractivity contribution in [3.8, 4) is 0 Å². The third kappa shape index (κ3) is 3.21. The number of allylic oxidation sites excluding steroid dienone is 1. The van der Waals surface area contributed by atoms with Crippen molar-refractivity contribution in [1.29, 1.82) is 0 Å². The zero-order valence-electron chi connectivity index (χ0n) is 15.6. The summed E-state index contributed by atoms with van der Waals surface area (Å²) >= 11 is 5.23. The van der Waals surface area contributed by atoms with Crippen LogP contribution in [0.4, 0.5) is 0 Å². The molecule has 0 saturated heterocycles. The first kappa shape index (κ1) is 18.4. The molecule has 0 radical (unpaired) electrons. The van der Waals surface area contributed by atoms with E-state index in [1.807, 2.05) is 12.1 Å². The van der Waals surface area contributed by atoms with E-state index in [-0.39, 0.29) is 16.8 Å². The van der Waals surface area contributed by atoms with Crippen LogP contribution in [0, 0.1) is 27.3 Å². The van der Waals surface area contributed by atoms with Crippen LogP contribution in [-0.4, -0.2) is 10.7 Å². The lowest BCUT2D eigenvalue weighted by Gasteiger charge is -2.58. The van der Waals surface area contributed by atoms with Crippen LogP contribution in [0.5, 0.6) is 0 Å². The summed E-state index contributed by atoms with van der Waals surface area (Å²) in [6, 6.07) is 5.42. The smallest absolute Gasteiger partial charge is 0.333 e. The number of hydrogen-bond acceptors (Lipinski definition) is 3. The van der Waals surface area contributed by atoms with E-state index in [4.69, 9.17) is 17.1 Å². The van der Waals surface area contributed by atoms with Crippen molar-refractivity contribution in [1.82, 2.24) is 4.73 Å². The molecule has 0 N–H and O–H groups in total. The maximum Gasteiger partial charge on any atom is 0.333 e. The average molecular weight is 360 g/mol. The Labute approximate surface area is 156 Å². The molecular formula is C21H29NO2S. The van der Waals surface area contributed by atoms with Crippen LogP contribution in [0.1, 0.15) is 59.3 Å². The van der Waals surface area contributed by atoms with E-state index >= 15 is 0 Å². The molecule has 1 aromatic rings. The molecule has 2 aliphatic rings. The van der Waals surface area contributed by atoms with Crippen molar-refractivity contribution in [2.75, 3.05) is 0 Å². The Bertz CT molecular complexity index is 739. The summed E-state index contributed by atoms with van der Waals surface area (Å²) in [7, 11) is 0. The average Bonchev–Trinajstić information content (AvgIpc) is 2.56. The summed E-state index contributed by atoms with van der Waals surface area (Å²) in [5, 5.41) is 0. The Hall–Kier alpha value is -1.42. The highest BCUT2D eigenvalue weighted by Gasteiger charge is 2.54. The summed E-state index contributed by atoms with van der Waals surface area (Å²) in [5.41, 5.74) is 1.47. The predicted molar refractivity (Wildman–Crippen MR) is 103 cm³/mol. The van der Waals surface area contributed by atoms with Crippen LogP contribution < -0.4 is 4.84 Å². The van der Waals surface area contributed by atoms with Gasteiger partial charge < -0.3 is 4.84 Å². The molecule has 0 bridgehead atoms. The first-order chi connectivity index (χ1) is 11.8. The van der Waals surface area contributed by atoms with Crippen molar-refractivity contribution in [2.45, 2.75) is 59.3 Å². The molecule has 0 unspecified atom stereocenters. The van der Waals surface area contributed by atoms with Crippen LogP contribution in [0.15, 0.2) is 36.5 Å². The molecule has 2 fully saturated rings. The third-order valence-electron chi connectivity index (χ3n) is 7.08. The number of fused-ring (bicyclic) bond motifs is 1. The molecular weight excluding hydrogens is 330 g/mol. The summed E-state index contributed by atoms with van der Waals surface area (Å²) in [5.74, 6) is 0.783. The van der Waals surface area contributed by atoms with Crippen molar-refractivity contribution in [3.63, 3.8) is 0 Å². The molecule has 4 heteroatoms. The Morgan fingerprint density at radius 1 is 1.40 bits per heavy atom. The molecule has 2 aliphatic carbocycles. The van der Waals surface area contributed by atoms with Gasteiger partial charge in [0, 0.05) is 6.20 Å². The second-order valence-corrected chi connectivity index (χ2v) is 8.83. The second kappa shape index (κ2) is 6.71. The van der Waals surface area contributed by atoms with Crippen molar-refractivity contribution < 1.29 is 9.63 Å². The minimum Gasteiger partial charge on any atom is -0.336 e. The molecule has 0 amide bonds. The fraction of sp³-hybridized carbons (Fsp3) is 0.619. The van der Waals surface area contributed by atoms with Gasteiger partial charge in [0.15, 0.2) is 0 Å². The summed E-state index contributed by atoms with van der Waals surface area (Å²) in [6.45, 7) is 11.3. The Morgan fingerprint density at radius 2 is 2.16 bits per heavy atom. The lowest BCUT2D eigenvalue weighted by Crippen LogP contribution is -2.51. The van der Waals surface area contributed by atoms with Crippen LogP contribution in [0.25, 0.3) is 0 Å². The van der Waals surface area contributed by atoms with Crippen molar-refractivity contribution >= 4 is 18.2 Å². The Kier molecular flexibility index (Phi) is 4.93. The van der Waals surface area contributed by atoms with Gasteiger partial charge in [0.1, 0.15) is 4.64 Å². The number of carbonyl (C=O) groups excluding carboxylic acids is 1. The second-order valence-electron chi connectivity index (χ2n) is 8.42. The molecule has 0 aliphatic heterocycles. The standard InChI is InChI=1S/C21H29NO2S/c1-15-8-7-9-17-20(15,3)12-11-16(2)21(17,4)14-19(23)24-22-13-6-5-10-18(22)25/h5-6,10,13,16-17H,1,7-9,11-12,14H2,2-4H3/t16-,17+,20+,21+/m0/s1. The van der Waals surface area contributed by atoms with Crippen LogP contribution in [-0.2, 0) is 4.79 Å². The monoisotopic (exact) mass is 359 g/mol. The molecule has 3 nitrogen and oxygen atoms in total. The van der Waals surface area contributed by atoms with E-state index in [2.05, 4.69) is 27.4 Å². The topological polar surface area (TPSA) is 31.2 Å². The van der Waals surface area contributed by atoms with Crippen molar-refractivity contribution in [2.24, 2.45) is 22.7 Å². The van der Waals surface area contributed by atoms with Gasteiger partial charge in [-0.25, -0.2) is 4.79 Å². The van der Waals surface area contributed by atoms with Gasteiger partial charge in [-0.1, -0.05) is 51.2 Å². The van der Waals surface area contributed by atoms with Gasteiger partial charge in [0.05, 0.1) is 6.42 Å². The molecule has 3 rings (SSSR count). The SMILES string of the molecule is C=C1CCC[C@H]2[C@](C)(CC(=O)On3ccccc3=S)[C@@H](C)CC[C@]12C. The number of nitrogens with zero attached hydrogens (tertiary/aromatic N) is 1. The highest BCUT2D eigenvalue weighted by molar-refractivity contribution is 7.71. The molecule has 25 heavy (non-hydrogen) atoms. The first-order valence-electron chi connectivity index (χ1n) is 9.34. The maximum atomic E-state index is 12.7. The number of rotatable bonds is 3. The van der Waals surface area contributed by atoms with E-state index in [1.54, 1.807) is 12.3 Å². The fourth-order valence-electron chi connectivity index (χ4n) is 5.21. The van der Waals surface area contributed by atoms with E-state index < -0.39 is 0 Å². The van der Waals surface area contributed by atoms with E-state index in [1.165, 1.54) is 29.6 Å². The van der Waals surface area contributed by atoms with Gasteiger partial charge in [-0.15, -0.1) is 0 Å². The summed E-state index contributed by atoms with van der Waals surface area (Å²) < 4.78 is 1.90. The Balaban J connectivity index is 1.83. The lowest BCUT2D eigenvalue weighted by molar-refractivity contribution is -0.153. The minimum absolute atomic E-state index is 0.0651. The maximum absolute atomic E-state index is 12.7. The van der Waals surface area contributed by atoms with Gasteiger partial charge in [-0.2, -0.15) is 4.73 Å². The first-order valence-corrected chi connectivity index (χ1v) is 9.75. The van der Waals surface area contributed by atoms with Crippen LogP contribution >= 0.6 is 12.2 Å². The summed E-state index contributed by atoms with van der Waals surface area (Å²) in [6.07, 6.45) is 7.93. The lowest BCUT2D eigenvalue weighted by atomic mass is 9.46. The van der Waals surface area contributed by atoms with Gasteiger partial charge >= 0.3 is 5.97 Å². The highest BCUT2D eigenvalue weighted by Crippen LogP contribution is 2.62.